The molecule has 0 saturated heterocycles. The average molecular weight is 668 g/mol. The maximum absolute atomic E-state index is 14.8. The standard InChI is InChI=1S/C44H33N3O2S/c1-49-38-24-14-13-23-35(38)42-36-26-25-29-15-11-12-22-34(29)40(36)45-44-47(42)43(48)39(50-44)28-32-27-37(30-16-5-2-6-17-30)46(33-20-9-4-10-21-33)41(32)31-18-7-3-8-19-31/h2-24,27-28,42H,25-26H2,1H3/b39-28+/t42-/m0/s1. The second-order valence-corrected chi connectivity index (χ2v) is 13.6. The zero-order chi connectivity index (χ0) is 33.6. The lowest BCUT2D eigenvalue weighted by Crippen LogP contribution is -2.39. The Labute approximate surface area is 294 Å². The van der Waals surface area contributed by atoms with E-state index in [1.54, 1.807) is 7.11 Å². The minimum atomic E-state index is -0.324. The molecule has 1 atom stereocenters. The molecule has 0 unspecified atom stereocenters. The number of nitrogens with zero attached hydrogens (tertiary/aromatic N) is 3. The molecule has 0 fully saturated rings. The highest BCUT2D eigenvalue weighted by Gasteiger charge is 2.34. The number of fused-ring (bicyclic) bond motifs is 3. The molecule has 0 radical (unpaired) electrons. The number of methoxy groups -OCH3 is 1. The molecule has 6 heteroatoms. The van der Waals surface area contributed by atoms with Crippen LogP contribution in [0.3, 0.4) is 0 Å². The normalized spacial score (nSPS) is 15.2. The number of thiazole rings is 1. The lowest BCUT2D eigenvalue weighted by Gasteiger charge is -2.31. The molecule has 2 aromatic heterocycles. The first-order valence-corrected chi connectivity index (χ1v) is 17.7. The van der Waals surface area contributed by atoms with E-state index in [2.05, 4.69) is 120 Å². The van der Waals surface area contributed by atoms with E-state index in [1.165, 1.54) is 16.9 Å². The third-order valence-corrected chi connectivity index (χ3v) is 10.7. The van der Waals surface area contributed by atoms with Gasteiger partial charge in [-0.2, -0.15) is 0 Å². The van der Waals surface area contributed by atoms with Gasteiger partial charge in [-0.05, 0) is 65.4 Å². The third kappa shape index (κ3) is 4.99. The second-order valence-electron chi connectivity index (χ2n) is 12.6. The van der Waals surface area contributed by atoms with Crippen LogP contribution in [0.25, 0.3) is 40.0 Å². The molecule has 0 amide bonds. The summed E-state index contributed by atoms with van der Waals surface area (Å²) >= 11 is 1.45. The number of aromatic nitrogens is 2. The molecule has 0 N–H and O–H groups in total. The molecule has 1 aliphatic heterocycles. The van der Waals surface area contributed by atoms with Gasteiger partial charge in [-0.3, -0.25) is 9.36 Å². The molecular formula is C44H33N3O2S. The summed E-state index contributed by atoms with van der Waals surface area (Å²) in [7, 11) is 1.70. The van der Waals surface area contributed by atoms with Gasteiger partial charge in [0, 0.05) is 22.4 Å². The quantitative estimate of drug-likeness (QED) is 0.179. The van der Waals surface area contributed by atoms with Crippen LogP contribution in [0, 0.1) is 0 Å². The number of para-hydroxylation sites is 2. The summed E-state index contributed by atoms with van der Waals surface area (Å²) in [6, 6.07) is 49.7. The number of ether oxygens (including phenoxy) is 1. The molecular weight excluding hydrogens is 635 g/mol. The number of hydrogen-bond acceptors (Lipinski definition) is 4. The summed E-state index contributed by atoms with van der Waals surface area (Å²) < 4.78 is 10.7. The fourth-order valence-corrected chi connectivity index (χ4v) is 8.52. The van der Waals surface area contributed by atoms with Gasteiger partial charge >= 0.3 is 0 Å². The third-order valence-electron chi connectivity index (χ3n) is 9.75. The van der Waals surface area contributed by atoms with Crippen LogP contribution in [0.1, 0.15) is 34.7 Å². The van der Waals surface area contributed by atoms with Gasteiger partial charge in [0.05, 0.1) is 34.8 Å². The van der Waals surface area contributed by atoms with E-state index in [9.17, 15) is 4.79 Å². The molecule has 242 valence electrons. The Morgan fingerprint density at radius 3 is 2.18 bits per heavy atom. The largest absolute Gasteiger partial charge is 0.496 e. The molecule has 2 aliphatic rings. The van der Waals surface area contributed by atoms with Crippen molar-refractivity contribution in [2.24, 2.45) is 4.99 Å². The van der Waals surface area contributed by atoms with E-state index in [4.69, 9.17) is 9.73 Å². The zero-order valence-electron chi connectivity index (χ0n) is 27.5. The minimum absolute atomic E-state index is 0.0530. The summed E-state index contributed by atoms with van der Waals surface area (Å²) in [5.41, 5.74) is 11.7. The van der Waals surface area contributed by atoms with Gasteiger partial charge in [-0.1, -0.05) is 133 Å². The van der Waals surface area contributed by atoms with Crippen LogP contribution in [0.2, 0.25) is 0 Å². The zero-order valence-corrected chi connectivity index (χ0v) is 28.3. The number of benzene rings is 5. The molecule has 5 aromatic carbocycles. The molecule has 0 saturated carbocycles. The summed E-state index contributed by atoms with van der Waals surface area (Å²) in [6.45, 7) is 0. The van der Waals surface area contributed by atoms with Gasteiger partial charge in [-0.25, -0.2) is 4.99 Å². The van der Waals surface area contributed by atoms with Gasteiger partial charge in [-0.15, -0.1) is 0 Å². The van der Waals surface area contributed by atoms with Crippen molar-refractivity contribution in [3.63, 3.8) is 0 Å². The van der Waals surface area contributed by atoms with Crippen molar-refractivity contribution >= 4 is 23.1 Å². The molecule has 9 rings (SSSR count). The first-order valence-electron chi connectivity index (χ1n) is 16.9. The first-order chi connectivity index (χ1) is 24.7. The minimum Gasteiger partial charge on any atom is -0.496 e. The van der Waals surface area contributed by atoms with Crippen molar-refractivity contribution in [3.05, 3.63) is 193 Å². The van der Waals surface area contributed by atoms with Gasteiger partial charge in [0.25, 0.3) is 5.56 Å². The molecule has 0 spiro atoms. The van der Waals surface area contributed by atoms with Crippen molar-refractivity contribution in [2.45, 2.75) is 18.9 Å². The Kier molecular flexibility index (Phi) is 7.51. The summed E-state index contributed by atoms with van der Waals surface area (Å²) in [6.07, 6.45) is 3.78. The number of rotatable bonds is 6. The van der Waals surface area contributed by atoms with Crippen LogP contribution >= 0.6 is 11.3 Å². The molecule has 3 heterocycles. The van der Waals surface area contributed by atoms with Gasteiger partial charge < -0.3 is 9.30 Å². The molecule has 7 aromatic rings. The Morgan fingerprint density at radius 2 is 1.42 bits per heavy atom. The van der Waals surface area contributed by atoms with Gasteiger partial charge in [0.2, 0.25) is 0 Å². The monoisotopic (exact) mass is 667 g/mol. The van der Waals surface area contributed by atoms with E-state index in [1.807, 2.05) is 41.0 Å². The number of allylic oxidation sites excluding steroid dienone is 1. The Balaban J connectivity index is 1.33. The highest BCUT2D eigenvalue weighted by atomic mass is 32.1. The van der Waals surface area contributed by atoms with Crippen molar-refractivity contribution in [1.82, 2.24) is 9.13 Å². The van der Waals surface area contributed by atoms with Crippen LogP contribution < -0.4 is 19.6 Å². The SMILES string of the molecule is COc1ccccc1[C@H]1C2=C(N=c3s/c(=C/c4cc(-c5ccccc5)n(-c5ccccc5)c4-c4ccccc4)c(=O)n31)c1ccccc1CC2. The summed E-state index contributed by atoms with van der Waals surface area (Å²) in [5, 5.41) is 0. The molecule has 5 nitrogen and oxygen atoms in total. The molecule has 1 aliphatic carbocycles. The Bertz CT molecular complexity index is 2600. The lowest BCUT2D eigenvalue weighted by atomic mass is 9.83. The van der Waals surface area contributed by atoms with E-state index in [0.717, 1.165) is 74.8 Å². The van der Waals surface area contributed by atoms with E-state index >= 15 is 0 Å². The lowest BCUT2D eigenvalue weighted by molar-refractivity contribution is 0.402. The van der Waals surface area contributed by atoms with Crippen LogP contribution in [-0.2, 0) is 6.42 Å². The molecule has 50 heavy (non-hydrogen) atoms. The maximum Gasteiger partial charge on any atom is 0.271 e. The fraction of sp³-hybridized carbons (Fsp3) is 0.0909. The second kappa shape index (κ2) is 12.5. The number of aryl methyl sites for hydroxylation is 1. The van der Waals surface area contributed by atoms with E-state index in [0.29, 0.717) is 9.33 Å². The van der Waals surface area contributed by atoms with E-state index < -0.39 is 0 Å². The highest BCUT2D eigenvalue weighted by Crippen LogP contribution is 2.43. The topological polar surface area (TPSA) is 48.5 Å². The van der Waals surface area contributed by atoms with Crippen molar-refractivity contribution in [2.75, 3.05) is 7.11 Å². The molecule has 0 bridgehead atoms. The maximum atomic E-state index is 14.8. The van der Waals surface area contributed by atoms with Crippen LogP contribution in [0.15, 0.2) is 161 Å². The van der Waals surface area contributed by atoms with Gasteiger partial charge in [0.15, 0.2) is 4.80 Å². The van der Waals surface area contributed by atoms with E-state index in [-0.39, 0.29) is 11.6 Å². The van der Waals surface area contributed by atoms with Crippen LogP contribution in [0.4, 0.5) is 0 Å². The van der Waals surface area contributed by atoms with Crippen molar-refractivity contribution in [1.29, 1.82) is 0 Å². The van der Waals surface area contributed by atoms with Gasteiger partial charge in [0.1, 0.15) is 5.75 Å². The Hall–Kier alpha value is -5.98. The summed E-state index contributed by atoms with van der Waals surface area (Å²) in [4.78, 5) is 20.8. The first kappa shape index (κ1) is 30.1. The summed E-state index contributed by atoms with van der Waals surface area (Å²) in [5.74, 6) is 0.762. The predicted octanol–water partition coefficient (Wildman–Crippen LogP) is 8.45. The predicted molar refractivity (Wildman–Crippen MR) is 202 cm³/mol. The smallest absolute Gasteiger partial charge is 0.271 e. The highest BCUT2D eigenvalue weighted by molar-refractivity contribution is 7.07. The van der Waals surface area contributed by atoms with Crippen LogP contribution in [-0.4, -0.2) is 16.2 Å². The van der Waals surface area contributed by atoms with Crippen molar-refractivity contribution in [3.8, 4) is 34.0 Å². The van der Waals surface area contributed by atoms with Crippen LogP contribution in [0.5, 0.6) is 5.75 Å². The fourth-order valence-electron chi connectivity index (χ4n) is 7.53. The Morgan fingerprint density at radius 1 is 0.760 bits per heavy atom. The average Bonchev–Trinajstić information content (AvgIpc) is 3.71. The van der Waals surface area contributed by atoms with Crippen molar-refractivity contribution < 1.29 is 4.74 Å². The number of hydrogen-bond donors (Lipinski definition) is 0.